The zero-order chi connectivity index (χ0) is 26.5. The molecular weight excluding hydrogens is 490 g/mol. The van der Waals surface area contributed by atoms with Crippen molar-refractivity contribution in [3.63, 3.8) is 0 Å². The second-order valence-corrected chi connectivity index (χ2v) is 8.87. The number of rotatable bonds is 7. The van der Waals surface area contributed by atoms with Gasteiger partial charge in [-0.1, -0.05) is 6.07 Å². The first-order chi connectivity index (χ1) is 18.5. The molecule has 1 N–H and O–H groups in total. The summed E-state index contributed by atoms with van der Waals surface area (Å²) in [6.07, 6.45) is 3.43. The number of amides is 1. The van der Waals surface area contributed by atoms with Gasteiger partial charge in [-0.25, -0.2) is 13.8 Å². The maximum atomic E-state index is 13.5. The summed E-state index contributed by atoms with van der Waals surface area (Å²) in [5.41, 5.74) is 3.00. The number of morpholine rings is 1. The van der Waals surface area contributed by atoms with Crippen LogP contribution in [0.15, 0.2) is 73.1 Å². The topological polar surface area (TPSA) is 76.6 Å². The van der Waals surface area contributed by atoms with Gasteiger partial charge in [-0.05, 0) is 55.0 Å². The minimum Gasteiger partial charge on any atom is -0.457 e. The molecule has 1 aliphatic heterocycles. The van der Waals surface area contributed by atoms with Crippen LogP contribution in [-0.4, -0.2) is 42.2 Å². The fourth-order valence-corrected chi connectivity index (χ4v) is 4.26. The number of benzene rings is 2. The average molecular weight is 517 g/mol. The number of carbonyl (C=O) groups is 1. The molecule has 1 fully saturated rings. The van der Waals surface area contributed by atoms with Crippen LogP contribution < -0.4 is 15.0 Å². The SMILES string of the molecule is Cc1c(Oc2ccnc(-c3ccnc(N4CCOCC4)c3)c2)cccc1C(=O)NCc1cc(F)cc(F)c1. The molecule has 5 rings (SSSR count). The number of nitrogens with one attached hydrogen (secondary N) is 1. The first-order valence-electron chi connectivity index (χ1n) is 12.2. The molecule has 1 amide bonds. The van der Waals surface area contributed by atoms with E-state index in [1.807, 2.05) is 18.2 Å². The third-order valence-corrected chi connectivity index (χ3v) is 6.24. The van der Waals surface area contributed by atoms with Gasteiger partial charge < -0.3 is 19.7 Å². The maximum absolute atomic E-state index is 13.5. The van der Waals surface area contributed by atoms with Crippen molar-refractivity contribution in [2.45, 2.75) is 13.5 Å². The highest BCUT2D eigenvalue weighted by Gasteiger charge is 2.15. The third-order valence-electron chi connectivity index (χ3n) is 6.24. The number of pyridine rings is 2. The predicted octanol–water partition coefficient (Wildman–Crippen LogP) is 5.29. The largest absolute Gasteiger partial charge is 0.457 e. The number of nitrogens with zero attached hydrogens (tertiary/aromatic N) is 3. The summed E-state index contributed by atoms with van der Waals surface area (Å²) in [7, 11) is 0. The van der Waals surface area contributed by atoms with Crippen molar-refractivity contribution < 1.29 is 23.0 Å². The monoisotopic (exact) mass is 516 g/mol. The summed E-state index contributed by atoms with van der Waals surface area (Å²) in [4.78, 5) is 24.0. The number of hydrogen-bond donors (Lipinski definition) is 1. The van der Waals surface area contributed by atoms with Crippen molar-refractivity contribution in [3.05, 3.63) is 101 Å². The van der Waals surface area contributed by atoms with Crippen LogP contribution in [0.5, 0.6) is 11.5 Å². The van der Waals surface area contributed by atoms with E-state index < -0.39 is 11.6 Å². The van der Waals surface area contributed by atoms with E-state index in [4.69, 9.17) is 9.47 Å². The van der Waals surface area contributed by atoms with E-state index in [9.17, 15) is 13.6 Å². The maximum Gasteiger partial charge on any atom is 0.251 e. The molecule has 0 atom stereocenters. The molecule has 38 heavy (non-hydrogen) atoms. The van der Waals surface area contributed by atoms with Crippen LogP contribution in [0.2, 0.25) is 0 Å². The second-order valence-electron chi connectivity index (χ2n) is 8.87. The fourth-order valence-electron chi connectivity index (χ4n) is 4.26. The van der Waals surface area contributed by atoms with Crippen LogP contribution in [0.25, 0.3) is 11.3 Å². The van der Waals surface area contributed by atoms with Gasteiger partial charge in [0.15, 0.2) is 0 Å². The van der Waals surface area contributed by atoms with E-state index in [1.54, 1.807) is 43.6 Å². The summed E-state index contributed by atoms with van der Waals surface area (Å²) in [6, 6.07) is 15.8. The zero-order valence-corrected chi connectivity index (χ0v) is 20.8. The van der Waals surface area contributed by atoms with Gasteiger partial charge in [-0.2, -0.15) is 0 Å². The molecule has 0 bridgehead atoms. The van der Waals surface area contributed by atoms with E-state index in [2.05, 4.69) is 20.2 Å². The van der Waals surface area contributed by atoms with Gasteiger partial charge in [0.05, 0.1) is 18.9 Å². The smallest absolute Gasteiger partial charge is 0.251 e. The molecule has 3 heterocycles. The molecule has 0 unspecified atom stereocenters. The Morgan fingerprint density at radius 2 is 1.76 bits per heavy atom. The van der Waals surface area contributed by atoms with E-state index >= 15 is 0 Å². The molecule has 0 aliphatic carbocycles. The summed E-state index contributed by atoms with van der Waals surface area (Å²) in [6.45, 7) is 4.70. The Kier molecular flexibility index (Phi) is 7.55. The number of ether oxygens (including phenoxy) is 2. The Morgan fingerprint density at radius 1 is 1.00 bits per heavy atom. The Labute approximate surface area is 219 Å². The first-order valence-corrected chi connectivity index (χ1v) is 12.2. The quantitative estimate of drug-likeness (QED) is 0.360. The standard InChI is InChI=1S/C29H26F2N4O3/c1-19-25(29(36)34-18-20-13-22(30)16-23(31)14-20)3-2-4-27(19)38-24-6-8-32-26(17-24)21-5-7-33-28(15-21)35-9-11-37-12-10-35/h2-8,13-17H,9-12,18H2,1H3,(H,34,36). The van der Waals surface area contributed by atoms with Gasteiger partial charge >= 0.3 is 0 Å². The zero-order valence-electron chi connectivity index (χ0n) is 20.8. The minimum atomic E-state index is -0.693. The summed E-state index contributed by atoms with van der Waals surface area (Å²) < 4.78 is 38.5. The number of carbonyl (C=O) groups excluding carboxylic acids is 1. The van der Waals surface area contributed by atoms with Crippen LogP contribution in [0.3, 0.4) is 0 Å². The summed E-state index contributed by atoms with van der Waals surface area (Å²) in [5.74, 6) is 0.184. The Morgan fingerprint density at radius 3 is 2.55 bits per heavy atom. The van der Waals surface area contributed by atoms with Crippen molar-refractivity contribution in [2.75, 3.05) is 31.2 Å². The summed E-state index contributed by atoms with van der Waals surface area (Å²) in [5, 5.41) is 2.71. The van der Waals surface area contributed by atoms with Gasteiger partial charge in [-0.3, -0.25) is 9.78 Å². The van der Waals surface area contributed by atoms with Gasteiger partial charge in [0.2, 0.25) is 0 Å². The van der Waals surface area contributed by atoms with Crippen LogP contribution >= 0.6 is 0 Å². The van der Waals surface area contributed by atoms with Crippen molar-refractivity contribution in [2.24, 2.45) is 0 Å². The summed E-state index contributed by atoms with van der Waals surface area (Å²) >= 11 is 0. The lowest BCUT2D eigenvalue weighted by Gasteiger charge is -2.28. The van der Waals surface area contributed by atoms with E-state index in [0.29, 0.717) is 41.4 Å². The molecular formula is C29H26F2N4O3. The number of aromatic nitrogens is 2. The van der Waals surface area contributed by atoms with Gasteiger partial charge in [0, 0.05) is 60.9 Å². The molecule has 1 saturated heterocycles. The fraction of sp³-hybridized carbons (Fsp3) is 0.207. The number of anilines is 1. The van der Waals surface area contributed by atoms with Crippen molar-refractivity contribution in [1.82, 2.24) is 15.3 Å². The van der Waals surface area contributed by atoms with Gasteiger partial charge in [0.25, 0.3) is 5.91 Å². The Bertz CT molecular complexity index is 1440. The van der Waals surface area contributed by atoms with Gasteiger partial charge in [-0.15, -0.1) is 0 Å². The molecule has 0 radical (unpaired) electrons. The molecule has 194 valence electrons. The molecule has 1 aliphatic rings. The van der Waals surface area contributed by atoms with Crippen LogP contribution in [0.1, 0.15) is 21.5 Å². The Hall–Kier alpha value is -4.37. The molecule has 0 spiro atoms. The first kappa shape index (κ1) is 25.3. The van der Waals surface area contributed by atoms with Crippen molar-refractivity contribution >= 4 is 11.7 Å². The predicted molar refractivity (Wildman–Crippen MR) is 139 cm³/mol. The number of hydrogen-bond acceptors (Lipinski definition) is 6. The van der Waals surface area contributed by atoms with Crippen LogP contribution in [-0.2, 0) is 11.3 Å². The lowest BCUT2D eigenvalue weighted by Crippen LogP contribution is -2.36. The normalized spacial score (nSPS) is 13.3. The third kappa shape index (κ3) is 5.95. The highest BCUT2D eigenvalue weighted by atomic mass is 19.1. The van der Waals surface area contributed by atoms with Crippen molar-refractivity contribution in [3.8, 4) is 22.8 Å². The van der Waals surface area contributed by atoms with E-state index in [-0.39, 0.29) is 12.5 Å². The average Bonchev–Trinajstić information content (AvgIpc) is 2.93. The molecule has 9 heteroatoms. The van der Waals surface area contributed by atoms with Crippen molar-refractivity contribution in [1.29, 1.82) is 0 Å². The molecule has 2 aromatic heterocycles. The number of halogens is 2. The van der Waals surface area contributed by atoms with Crippen LogP contribution in [0, 0.1) is 18.6 Å². The van der Waals surface area contributed by atoms with Gasteiger partial charge in [0.1, 0.15) is 29.0 Å². The molecule has 0 saturated carbocycles. The molecule has 7 nitrogen and oxygen atoms in total. The van der Waals surface area contributed by atoms with E-state index in [1.165, 1.54) is 12.1 Å². The lowest BCUT2D eigenvalue weighted by molar-refractivity contribution is 0.0949. The highest BCUT2D eigenvalue weighted by Crippen LogP contribution is 2.30. The van der Waals surface area contributed by atoms with E-state index in [0.717, 1.165) is 36.2 Å². The van der Waals surface area contributed by atoms with Crippen LogP contribution in [0.4, 0.5) is 14.6 Å². The Balaban J connectivity index is 1.31. The highest BCUT2D eigenvalue weighted by molar-refractivity contribution is 5.96. The minimum absolute atomic E-state index is 0.00980. The molecule has 2 aromatic carbocycles. The molecule has 4 aromatic rings. The second kappa shape index (κ2) is 11.4. The lowest BCUT2D eigenvalue weighted by atomic mass is 10.1.